The van der Waals surface area contributed by atoms with Crippen LogP contribution in [0.25, 0.3) is 22.1 Å². The van der Waals surface area contributed by atoms with Gasteiger partial charge in [-0.05, 0) is 24.3 Å². The number of para-hydroxylation sites is 4. The molecule has 0 saturated heterocycles. The van der Waals surface area contributed by atoms with Gasteiger partial charge in [0.05, 0.1) is 34.5 Å². The van der Waals surface area contributed by atoms with E-state index in [1.165, 1.54) is 0 Å². The van der Waals surface area contributed by atoms with Gasteiger partial charge in [-0.15, -0.1) is 0 Å². The highest BCUT2D eigenvalue weighted by Gasteiger charge is 2.05. The molecule has 4 rings (SSSR count). The first-order valence-corrected chi connectivity index (χ1v) is 7.23. The van der Waals surface area contributed by atoms with Crippen LogP contribution in [0.15, 0.2) is 59.8 Å². The molecule has 23 heavy (non-hydrogen) atoms. The van der Waals surface area contributed by atoms with Crippen molar-refractivity contribution in [1.82, 2.24) is 19.5 Å². The first kappa shape index (κ1) is 13.4. The molecule has 0 aliphatic rings. The van der Waals surface area contributed by atoms with E-state index in [2.05, 4.69) is 25.5 Å². The molecule has 0 aliphatic heterocycles. The fourth-order valence-corrected chi connectivity index (χ4v) is 2.44. The summed E-state index contributed by atoms with van der Waals surface area (Å²) in [5.74, 6) is 0.677. The first-order valence-electron chi connectivity index (χ1n) is 7.23. The molecule has 2 aromatic heterocycles. The maximum Gasteiger partial charge on any atom is 0.224 e. The summed E-state index contributed by atoms with van der Waals surface area (Å²) < 4.78 is 1.96. The van der Waals surface area contributed by atoms with E-state index in [-0.39, 0.29) is 0 Å². The number of hydrogen-bond acceptors (Lipinski definition) is 5. The number of hydrogen-bond donors (Lipinski definition) is 1. The molecule has 0 spiro atoms. The molecular formula is C17H14N6. The molecule has 0 bridgehead atoms. The molecule has 4 aromatic rings. The molecule has 0 aliphatic carbocycles. The van der Waals surface area contributed by atoms with Crippen molar-refractivity contribution in [2.24, 2.45) is 12.1 Å². The van der Waals surface area contributed by atoms with Crippen LogP contribution in [-0.4, -0.2) is 25.7 Å². The Morgan fingerprint density at radius 1 is 0.957 bits per heavy atom. The monoisotopic (exact) mass is 302 g/mol. The van der Waals surface area contributed by atoms with Gasteiger partial charge in [-0.1, -0.05) is 24.3 Å². The van der Waals surface area contributed by atoms with E-state index in [4.69, 9.17) is 0 Å². The van der Waals surface area contributed by atoms with Crippen molar-refractivity contribution < 1.29 is 0 Å². The van der Waals surface area contributed by atoms with Crippen LogP contribution >= 0.6 is 0 Å². The lowest BCUT2D eigenvalue weighted by Crippen LogP contribution is -1.99. The summed E-state index contributed by atoms with van der Waals surface area (Å²) in [6.45, 7) is 0. The lowest BCUT2D eigenvalue weighted by atomic mass is 10.3. The van der Waals surface area contributed by atoms with E-state index < -0.39 is 0 Å². The minimum Gasteiger partial charge on any atom is -0.312 e. The van der Waals surface area contributed by atoms with E-state index in [0.29, 0.717) is 11.6 Å². The van der Waals surface area contributed by atoms with Crippen LogP contribution in [0.5, 0.6) is 0 Å². The van der Waals surface area contributed by atoms with Gasteiger partial charge in [-0.3, -0.25) is 4.98 Å². The number of aryl methyl sites for hydroxylation is 1. The smallest absolute Gasteiger partial charge is 0.224 e. The number of hydrazone groups is 1. The molecule has 1 N–H and O–H groups in total. The second kappa shape index (κ2) is 5.49. The average molecular weight is 302 g/mol. The SMILES string of the molecule is Cn1c(NN=Cc2cnc3ccccc3n2)nc2ccccc21. The summed E-state index contributed by atoms with van der Waals surface area (Å²) in [6.07, 6.45) is 3.33. The summed E-state index contributed by atoms with van der Waals surface area (Å²) in [5.41, 5.74) is 7.34. The third-order valence-corrected chi connectivity index (χ3v) is 3.62. The second-order valence-electron chi connectivity index (χ2n) is 5.14. The third-order valence-electron chi connectivity index (χ3n) is 3.62. The van der Waals surface area contributed by atoms with Crippen molar-refractivity contribution in [2.45, 2.75) is 0 Å². The van der Waals surface area contributed by atoms with E-state index in [1.54, 1.807) is 12.4 Å². The Hall–Kier alpha value is -3.28. The Morgan fingerprint density at radius 3 is 2.52 bits per heavy atom. The van der Waals surface area contributed by atoms with Gasteiger partial charge in [0.15, 0.2) is 0 Å². The second-order valence-corrected chi connectivity index (χ2v) is 5.14. The summed E-state index contributed by atoms with van der Waals surface area (Å²) in [6, 6.07) is 15.7. The Kier molecular flexibility index (Phi) is 3.20. The van der Waals surface area contributed by atoms with E-state index in [0.717, 1.165) is 22.1 Å². The van der Waals surface area contributed by atoms with Crippen molar-refractivity contribution >= 4 is 34.2 Å². The third kappa shape index (κ3) is 2.50. The van der Waals surface area contributed by atoms with Crippen molar-refractivity contribution in [3.63, 3.8) is 0 Å². The highest BCUT2D eigenvalue weighted by Crippen LogP contribution is 2.17. The topological polar surface area (TPSA) is 68.0 Å². The summed E-state index contributed by atoms with van der Waals surface area (Å²) in [7, 11) is 1.95. The quantitative estimate of drug-likeness (QED) is 0.466. The Balaban J connectivity index is 1.59. The molecule has 2 aromatic carbocycles. The molecule has 0 amide bonds. The fourth-order valence-electron chi connectivity index (χ4n) is 2.44. The van der Waals surface area contributed by atoms with Crippen molar-refractivity contribution in [3.05, 3.63) is 60.4 Å². The largest absolute Gasteiger partial charge is 0.312 e. The lowest BCUT2D eigenvalue weighted by molar-refractivity contribution is 0.943. The Labute approximate surface area is 132 Å². The number of nitrogens with zero attached hydrogens (tertiary/aromatic N) is 5. The lowest BCUT2D eigenvalue weighted by Gasteiger charge is -2.00. The van der Waals surface area contributed by atoms with Crippen LogP contribution in [0.3, 0.4) is 0 Å². The predicted molar refractivity (Wildman–Crippen MR) is 91.5 cm³/mol. The van der Waals surface area contributed by atoms with Crippen LogP contribution in [-0.2, 0) is 7.05 Å². The van der Waals surface area contributed by atoms with Crippen LogP contribution in [0.1, 0.15) is 5.69 Å². The average Bonchev–Trinajstić information content (AvgIpc) is 2.91. The number of imidazole rings is 1. The number of nitrogens with one attached hydrogen (secondary N) is 1. The zero-order valence-corrected chi connectivity index (χ0v) is 12.5. The molecule has 0 radical (unpaired) electrons. The van der Waals surface area contributed by atoms with Gasteiger partial charge in [0.1, 0.15) is 5.69 Å². The van der Waals surface area contributed by atoms with E-state index in [9.17, 15) is 0 Å². The summed E-state index contributed by atoms with van der Waals surface area (Å²) >= 11 is 0. The van der Waals surface area contributed by atoms with Gasteiger partial charge in [0, 0.05) is 7.05 Å². The Bertz CT molecular complexity index is 1020. The van der Waals surface area contributed by atoms with Crippen LogP contribution in [0.2, 0.25) is 0 Å². The van der Waals surface area contributed by atoms with Gasteiger partial charge in [0.25, 0.3) is 0 Å². The van der Waals surface area contributed by atoms with Crippen molar-refractivity contribution in [3.8, 4) is 0 Å². The zero-order chi connectivity index (χ0) is 15.6. The predicted octanol–water partition coefficient (Wildman–Crippen LogP) is 2.96. The van der Waals surface area contributed by atoms with Crippen LogP contribution < -0.4 is 5.43 Å². The number of aromatic nitrogens is 4. The van der Waals surface area contributed by atoms with Crippen molar-refractivity contribution in [1.29, 1.82) is 0 Å². The zero-order valence-electron chi connectivity index (χ0n) is 12.5. The maximum absolute atomic E-state index is 4.50. The highest BCUT2D eigenvalue weighted by atomic mass is 15.4. The molecular weight excluding hydrogens is 288 g/mol. The molecule has 2 heterocycles. The number of anilines is 1. The molecule has 0 saturated carbocycles. The van der Waals surface area contributed by atoms with Gasteiger partial charge < -0.3 is 4.57 Å². The summed E-state index contributed by atoms with van der Waals surface area (Å²) in [4.78, 5) is 13.3. The number of rotatable bonds is 3. The summed E-state index contributed by atoms with van der Waals surface area (Å²) in [5, 5.41) is 4.21. The molecule has 6 heteroatoms. The minimum atomic E-state index is 0.677. The van der Waals surface area contributed by atoms with Gasteiger partial charge in [-0.2, -0.15) is 5.10 Å². The van der Waals surface area contributed by atoms with Gasteiger partial charge >= 0.3 is 0 Å². The van der Waals surface area contributed by atoms with Gasteiger partial charge in [0.2, 0.25) is 5.95 Å². The van der Waals surface area contributed by atoms with Crippen LogP contribution in [0, 0.1) is 0 Å². The molecule has 6 nitrogen and oxygen atoms in total. The molecule has 0 unspecified atom stereocenters. The van der Waals surface area contributed by atoms with Crippen molar-refractivity contribution in [2.75, 3.05) is 5.43 Å². The molecule has 0 fully saturated rings. The maximum atomic E-state index is 4.50. The molecule has 112 valence electrons. The number of benzene rings is 2. The normalized spacial score (nSPS) is 11.5. The standard InChI is InChI=1S/C17H14N6/c1-23-16-9-5-4-8-15(16)21-17(23)22-19-11-12-10-18-13-6-2-3-7-14(13)20-12/h2-11H,1H3,(H,21,22). The van der Waals surface area contributed by atoms with Gasteiger partial charge in [-0.25, -0.2) is 15.4 Å². The first-order chi connectivity index (χ1) is 11.3. The fraction of sp³-hybridized carbons (Fsp3) is 0.0588. The Morgan fingerprint density at radius 2 is 1.70 bits per heavy atom. The van der Waals surface area contributed by atoms with Crippen LogP contribution in [0.4, 0.5) is 5.95 Å². The van der Waals surface area contributed by atoms with E-state index in [1.807, 2.05) is 60.1 Å². The molecule has 0 atom stereocenters. The minimum absolute atomic E-state index is 0.677. The van der Waals surface area contributed by atoms with E-state index >= 15 is 0 Å². The highest BCUT2D eigenvalue weighted by molar-refractivity contribution is 5.83. The number of fused-ring (bicyclic) bond motifs is 2.